The maximum absolute atomic E-state index is 2.87. The number of nitrogens with zero attached hydrogens (tertiary/aromatic N) is 2. The molecule has 2 nitrogen and oxygen atoms in total. The Morgan fingerprint density at radius 2 is 1.89 bits per heavy atom. The normalized spacial score (nSPS) is 31.1. The van der Waals surface area contributed by atoms with Gasteiger partial charge in [-0.05, 0) is 39.2 Å². The second-order valence-electron chi connectivity index (χ2n) is 6.78. The molecule has 19 heavy (non-hydrogen) atoms. The molecular formula is C17H34N2. The van der Waals surface area contributed by atoms with Crippen LogP contribution in [0.15, 0.2) is 0 Å². The summed E-state index contributed by atoms with van der Waals surface area (Å²) in [6.07, 6.45) is 11.2. The molecular weight excluding hydrogens is 232 g/mol. The first-order valence-electron chi connectivity index (χ1n) is 8.76. The molecule has 2 heterocycles. The summed E-state index contributed by atoms with van der Waals surface area (Å²) >= 11 is 0. The number of piperidine rings is 1. The van der Waals surface area contributed by atoms with Crippen molar-refractivity contribution in [3.05, 3.63) is 0 Å². The smallest absolute Gasteiger partial charge is 0.0224 e. The van der Waals surface area contributed by atoms with Crippen LogP contribution in [0.3, 0.4) is 0 Å². The Bertz CT molecular complexity index is 254. The molecule has 2 aliphatic rings. The fraction of sp³-hybridized carbons (Fsp3) is 1.00. The van der Waals surface area contributed by atoms with Gasteiger partial charge in [-0.25, -0.2) is 0 Å². The summed E-state index contributed by atoms with van der Waals surface area (Å²) < 4.78 is 0. The maximum Gasteiger partial charge on any atom is 0.0224 e. The number of rotatable bonds is 6. The van der Waals surface area contributed by atoms with Crippen LogP contribution < -0.4 is 0 Å². The van der Waals surface area contributed by atoms with Crippen LogP contribution in [0.25, 0.3) is 0 Å². The van der Waals surface area contributed by atoms with Crippen molar-refractivity contribution in [2.75, 3.05) is 19.6 Å². The summed E-state index contributed by atoms with van der Waals surface area (Å²) in [6, 6.07) is 2.48. The highest BCUT2D eigenvalue weighted by molar-refractivity contribution is 4.91. The van der Waals surface area contributed by atoms with E-state index in [-0.39, 0.29) is 0 Å². The van der Waals surface area contributed by atoms with Crippen molar-refractivity contribution in [2.45, 2.75) is 90.3 Å². The summed E-state index contributed by atoms with van der Waals surface area (Å²) in [5.41, 5.74) is 0. The molecule has 0 spiro atoms. The summed E-state index contributed by atoms with van der Waals surface area (Å²) in [4.78, 5) is 5.64. The largest absolute Gasteiger partial charge is 0.298 e. The molecule has 0 bridgehead atoms. The van der Waals surface area contributed by atoms with Crippen molar-refractivity contribution in [3.8, 4) is 0 Å². The maximum atomic E-state index is 2.87. The topological polar surface area (TPSA) is 6.48 Å². The van der Waals surface area contributed by atoms with Gasteiger partial charge in [0.25, 0.3) is 0 Å². The zero-order chi connectivity index (χ0) is 13.7. The number of piperazine rings is 1. The highest BCUT2D eigenvalue weighted by Crippen LogP contribution is 2.27. The predicted molar refractivity (Wildman–Crippen MR) is 83.6 cm³/mol. The molecule has 0 aromatic carbocycles. The Hall–Kier alpha value is -0.0800. The van der Waals surface area contributed by atoms with Gasteiger partial charge in [0.15, 0.2) is 0 Å². The average molecular weight is 266 g/mol. The summed E-state index contributed by atoms with van der Waals surface area (Å²) in [6.45, 7) is 11.1. The van der Waals surface area contributed by atoms with Crippen LogP contribution in [0.4, 0.5) is 0 Å². The molecule has 0 amide bonds. The Labute approximate surface area is 120 Å². The molecule has 112 valence electrons. The van der Waals surface area contributed by atoms with E-state index in [9.17, 15) is 0 Å². The van der Waals surface area contributed by atoms with Crippen molar-refractivity contribution in [1.82, 2.24) is 9.80 Å². The monoisotopic (exact) mass is 266 g/mol. The number of hydrogen-bond donors (Lipinski definition) is 0. The fourth-order valence-electron chi connectivity index (χ4n) is 4.13. The lowest BCUT2D eigenvalue weighted by Crippen LogP contribution is -2.61. The van der Waals surface area contributed by atoms with Crippen molar-refractivity contribution in [1.29, 1.82) is 0 Å². The first kappa shape index (κ1) is 15.3. The summed E-state index contributed by atoms with van der Waals surface area (Å²) in [5.74, 6) is 0. The van der Waals surface area contributed by atoms with E-state index < -0.39 is 0 Å². The van der Waals surface area contributed by atoms with E-state index in [0.29, 0.717) is 0 Å². The third-order valence-corrected chi connectivity index (χ3v) is 5.22. The van der Waals surface area contributed by atoms with Crippen molar-refractivity contribution < 1.29 is 0 Å². The van der Waals surface area contributed by atoms with Crippen molar-refractivity contribution >= 4 is 0 Å². The second-order valence-corrected chi connectivity index (χ2v) is 6.78. The molecule has 0 aliphatic carbocycles. The van der Waals surface area contributed by atoms with Gasteiger partial charge in [0, 0.05) is 31.2 Å². The predicted octanol–water partition coefficient (Wildman–Crippen LogP) is 3.90. The van der Waals surface area contributed by atoms with Gasteiger partial charge in [-0.1, -0.05) is 39.5 Å². The van der Waals surface area contributed by atoms with Gasteiger partial charge < -0.3 is 0 Å². The Morgan fingerprint density at radius 3 is 2.63 bits per heavy atom. The van der Waals surface area contributed by atoms with E-state index in [4.69, 9.17) is 0 Å². The molecule has 0 radical (unpaired) electrons. The molecule has 2 rings (SSSR count). The van der Waals surface area contributed by atoms with Crippen molar-refractivity contribution in [2.24, 2.45) is 0 Å². The molecule has 0 N–H and O–H groups in total. The quantitative estimate of drug-likeness (QED) is 0.719. The molecule has 0 saturated carbocycles. The fourth-order valence-corrected chi connectivity index (χ4v) is 4.13. The van der Waals surface area contributed by atoms with Crippen LogP contribution >= 0.6 is 0 Å². The Kier molecular flexibility index (Phi) is 6.15. The van der Waals surface area contributed by atoms with Gasteiger partial charge in [0.1, 0.15) is 0 Å². The van der Waals surface area contributed by atoms with E-state index in [1.54, 1.807) is 0 Å². The third kappa shape index (κ3) is 3.95. The van der Waals surface area contributed by atoms with E-state index in [0.717, 1.165) is 18.1 Å². The number of fused-ring (bicyclic) bond motifs is 1. The van der Waals surface area contributed by atoms with Crippen LogP contribution in [0, 0.1) is 0 Å². The molecule has 2 fully saturated rings. The molecule has 0 aromatic rings. The lowest BCUT2D eigenvalue weighted by Gasteiger charge is -2.50. The standard InChI is InChI=1S/C17H34N2/c1-4-6-10-16(9-5-2)19-14-17-11-7-8-12-18(17)13-15(19)3/h15-17H,4-14H2,1-3H3. The van der Waals surface area contributed by atoms with Crippen LogP contribution in [0.5, 0.6) is 0 Å². The number of unbranched alkanes of at least 4 members (excludes halogenated alkanes) is 1. The number of hydrogen-bond acceptors (Lipinski definition) is 2. The van der Waals surface area contributed by atoms with Gasteiger partial charge in [-0.15, -0.1) is 0 Å². The SMILES string of the molecule is CCCCC(CCC)N1CC2CCCCN2CC1C. The van der Waals surface area contributed by atoms with Crippen LogP contribution in [-0.4, -0.2) is 47.6 Å². The summed E-state index contributed by atoms with van der Waals surface area (Å²) in [7, 11) is 0. The van der Waals surface area contributed by atoms with Gasteiger partial charge >= 0.3 is 0 Å². The molecule has 0 aromatic heterocycles. The molecule has 2 saturated heterocycles. The Balaban J connectivity index is 1.95. The molecule has 2 aliphatic heterocycles. The van der Waals surface area contributed by atoms with E-state index in [1.165, 1.54) is 71.0 Å². The second kappa shape index (κ2) is 7.64. The summed E-state index contributed by atoms with van der Waals surface area (Å²) in [5, 5.41) is 0. The lowest BCUT2D eigenvalue weighted by atomic mass is 9.93. The highest BCUT2D eigenvalue weighted by atomic mass is 15.3. The van der Waals surface area contributed by atoms with Crippen molar-refractivity contribution in [3.63, 3.8) is 0 Å². The molecule has 3 atom stereocenters. The minimum atomic E-state index is 0.766. The van der Waals surface area contributed by atoms with E-state index in [2.05, 4.69) is 30.6 Å². The Morgan fingerprint density at radius 1 is 1.05 bits per heavy atom. The van der Waals surface area contributed by atoms with Crippen LogP contribution in [-0.2, 0) is 0 Å². The lowest BCUT2D eigenvalue weighted by molar-refractivity contribution is -0.0121. The third-order valence-electron chi connectivity index (χ3n) is 5.22. The average Bonchev–Trinajstić information content (AvgIpc) is 2.43. The van der Waals surface area contributed by atoms with Crippen LogP contribution in [0.2, 0.25) is 0 Å². The van der Waals surface area contributed by atoms with Gasteiger partial charge in [-0.3, -0.25) is 9.80 Å². The first-order valence-corrected chi connectivity index (χ1v) is 8.76. The minimum absolute atomic E-state index is 0.766. The van der Waals surface area contributed by atoms with Gasteiger partial charge in [0.05, 0.1) is 0 Å². The van der Waals surface area contributed by atoms with E-state index in [1.807, 2.05) is 0 Å². The highest BCUT2D eigenvalue weighted by Gasteiger charge is 2.35. The zero-order valence-corrected chi connectivity index (χ0v) is 13.4. The zero-order valence-electron chi connectivity index (χ0n) is 13.4. The first-order chi connectivity index (χ1) is 9.26. The molecule has 3 unspecified atom stereocenters. The van der Waals surface area contributed by atoms with Crippen LogP contribution in [0.1, 0.15) is 72.1 Å². The minimum Gasteiger partial charge on any atom is -0.298 e. The van der Waals surface area contributed by atoms with Gasteiger partial charge in [0.2, 0.25) is 0 Å². The van der Waals surface area contributed by atoms with E-state index >= 15 is 0 Å². The molecule has 2 heteroatoms. The van der Waals surface area contributed by atoms with Gasteiger partial charge in [-0.2, -0.15) is 0 Å².